The second-order valence-electron chi connectivity index (χ2n) is 7.92. The first kappa shape index (κ1) is 24.3. The van der Waals surface area contributed by atoms with Crippen molar-refractivity contribution < 1.29 is 28.6 Å². The van der Waals surface area contributed by atoms with Crippen LogP contribution in [0.5, 0.6) is 11.8 Å². The van der Waals surface area contributed by atoms with E-state index in [4.69, 9.17) is 19.0 Å². The Balaban J connectivity index is 1.55. The number of carbonyl (C=O) groups is 2. The summed E-state index contributed by atoms with van der Waals surface area (Å²) in [5.74, 6) is 0.0842. The van der Waals surface area contributed by atoms with Gasteiger partial charge in [0.15, 0.2) is 0 Å². The van der Waals surface area contributed by atoms with Crippen molar-refractivity contribution in [3.05, 3.63) is 35.7 Å². The van der Waals surface area contributed by atoms with Crippen molar-refractivity contribution in [2.75, 3.05) is 20.8 Å². The summed E-state index contributed by atoms with van der Waals surface area (Å²) in [5, 5.41) is 8.13. The van der Waals surface area contributed by atoms with E-state index in [2.05, 4.69) is 15.7 Å². The van der Waals surface area contributed by atoms with Gasteiger partial charge in [-0.3, -0.25) is 19.0 Å². The average molecular weight is 462 g/mol. The number of aryl methyl sites for hydroxylation is 2. The number of amides is 1. The molecule has 0 spiro atoms. The molecule has 11 heteroatoms. The molecule has 3 rings (SSSR count). The molecule has 1 unspecified atom stereocenters. The lowest BCUT2D eigenvalue weighted by atomic mass is 9.83. The van der Waals surface area contributed by atoms with Crippen molar-refractivity contribution in [1.82, 2.24) is 25.0 Å². The van der Waals surface area contributed by atoms with Gasteiger partial charge in [-0.05, 0) is 18.4 Å². The van der Waals surface area contributed by atoms with E-state index in [-0.39, 0.29) is 29.5 Å². The molecule has 0 radical (unpaired) electrons. The summed E-state index contributed by atoms with van der Waals surface area (Å²) < 4.78 is 18.9. The summed E-state index contributed by atoms with van der Waals surface area (Å²) in [4.78, 5) is 30.3. The molecule has 33 heavy (non-hydrogen) atoms. The maximum absolute atomic E-state index is 12.7. The first-order valence-corrected chi connectivity index (χ1v) is 10.9. The fourth-order valence-electron chi connectivity index (χ4n) is 3.43. The van der Waals surface area contributed by atoms with Gasteiger partial charge >= 0.3 is 5.97 Å². The average Bonchev–Trinajstić information content (AvgIpc) is 3.34. The minimum atomic E-state index is -0.539. The Morgan fingerprint density at radius 2 is 1.76 bits per heavy atom. The highest BCUT2D eigenvalue weighted by Crippen LogP contribution is 2.29. The number of hydroxylamine groups is 1. The molecule has 180 valence electrons. The van der Waals surface area contributed by atoms with E-state index in [0.717, 1.165) is 6.42 Å². The Morgan fingerprint density at radius 3 is 2.36 bits per heavy atom. The normalized spacial score (nSPS) is 14.7. The first-order valence-electron chi connectivity index (χ1n) is 10.9. The predicted octanol–water partition coefficient (Wildman–Crippen LogP) is 2.19. The number of esters is 1. The molecule has 2 heterocycles. The molecule has 1 aliphatic rings. The van der Waals surface area contributed by atoms with Crippen LogP contribution in [-0.2, 0) is 23.7 Å². The molecule has 0 aliphatic heterocycles. The highest BCUT2D eigenvalue weighted by atomic mass is 16.7. The van der Waals surface area contributed by atoms with Crippen LogP contribution in [0.1, 0.15) is 52.8 Å². The van der Waals surface area contributed by atoms with Gasteiger partial charge in [-0.2, -0.15) is 0 Å². The number of methoxy groups -OCH3 is 2. The smallest absolute Gasteiger partial charge is 0.345 e. The largest absolute Gasteiger partial charge is 0.479 e. The summed E-state index contributed by atoms with van der Waals surface area (Å²) in [6.45, 7) is 0.129. The maximum atomic E-state index is 12.7. The van der Waals surface area contributed by atoms with Gasteiger partial charge in [0.2, 0.25) is 11.8 Å². The van der Waals surface area contributed by atoms with E-state index in [1.807, 2.05) is 12.2 Å². The Morgan fingerprint density at radius 1 is 1.12 bits per heavy atom. The van der Waals surface area contributed by atoms with E-state index in [9.17, 15) is 9.59 Å². The lowest BCUT2D eigenvalue weighted by Gasteiger charge is -2.23. The zero-order valence-electron chi connectivity index (χ0n) is 19.4. The van der Waals surface area contributed by atoms with Gasteiger partial charge in [-0.15, -0.1) is 10.2 Å². The fraction of sp³-hybridized carbons (Fsp3) is 0.545. The molecule has 1 aliphatic carbocycles. The van der Waals surface area contributed by atoms with E-state index < -0.39 is 18.0 Å². The molecular weight excluding hydrogens is 430 g/mol. The third-order valence-electron chi connectivity index (χ3n) is 5.41. The number of hydrogen-bond acceptors (Lipinski definition) is 8. The number of nitrogens with one attached hydrogen (secondary N) is 1. The van der Waals surface area contributed by atoms with Crippen LogP contribution in [0.2, 0.25) is 0 Å². The number of aromatic nitrogens is 4. The second-order valence-corrected chi connectivity index (χ2v) is 7.92. The van der Waals surface area contributed by atoms with E-state index in [1.165, 1.54) is 49.0 Å². The van der Waals surface area contributed by atoms with Gasteiger partial charge in [-0.25, -0.2) is 10.3 Å². The monoisotopic (exact) mass is 461 g/mol. The molecule has 0 aromatic carbocycles. The molecule has 2 aromatic heterocycles. The van der Waals surface area contributed by atoms with Crippen molar-refractivity contribution in [3.8, 4) is 11.8 Å². The molecule has 1 amide bonds. The Kier molecular flexibility index (Phi) is 8.47. The molecule has 1 atom stereocenters. The van der Waals surface area contributed by atoms with Gasteiger partial charge < -0.3 is 14.2 Å². The van der Waals surface area contributed by atoms with Crippen LogP contribution in [0.15, 0.2) is 24.5 Å². The minimum absolute atomic E-state index is 0.129. The third kappa shape index (κ3) is 6.58. The van der Waals surface area contributed by atoms with E-state index in [1.54, 1.807) is 20.3 Å². The van der Waals surface area contributed by atoms with Crippen LogP contribution >= 0.6 is 0 Å². The fourth-order valence-corrected chi connectivity index (χ4v) is 3.43. The zero-order chi connectivity index (χ0) is 23.8. The quantitative estimate of drug-likeness (QED) is 0.221. The number of allylic oxidation sites excluding steroid dienone is 1. The molecule has 2 aromatic rings. The van der Waals surface area contributed by atoms with Gasteiger partial charge in [-0.1, -0.05) is 25.3 Å². The second kappa shape index (κ2) is 11.5. The summed E-state index contributed by atoms with van der Waals surface area (Å²) in [7, 11) is 6.27. The lowest BCUT2D eigenvalue weighted by molar-refractivity contribution is 0.00896. The third-order valence-corrected chi connectivity index (χ3v) is 5.41. The van der Waals surface area contributed by atoms with Crippen LogP contribution in [0.4, 0.5) is 0 Å². The van der Waals surface area contributed by atoms with Crippen molar-refractivity contribution >= 4 is 11.9 Å². The Labute approximate surface area is 192 Å². The molecule has 11 nitrogen and oxygen atoms in total. The van der Waals surface area contributed by atoms with Crippen LogP contribution in [0.3, 0.4) is 0 Å². The number of rotatable bonds is 12. The molecule has 1 N–H and O–H groups in total. The van der Waals surface area contributed by atoms with Gasteiger partial charge in [0, 0.05) is 32.9 Å². The minimum Gasteiger partial charge on any atom is -0.479 e. The summed E-state index contributed by atoms with van der Waals surface area (Å²) in [6, 6.07) is 0. The number of hydrogen-bond donors (Lipinski definition) is 1. The number of nitrogens with zero attached hydrogens (tertiary/aromatic N) is 4. The van der Waals surface area contributed by atoms with Crippen molar-refractivity contribution in [2.24, 2.45) is 20.0 Å². The predicted molar refractivity (Wildman–Crippen MR) is 118 cm³/mol. The summed E-state index contributed by atoms with van der Waals surface area (Å²) in [6.07, 6.45) is 11.5. The van der Waals surface area contributed by atoms with E-state index >= 15 is 0 Å². The zero-order valence-corrected chi connectivity index (χ0v) is 19.4. The molecule has 0 bridgehead atoms. The topological polar surface area (TPSA) is 119 Å². The van der Waals surface area contributed by atoms with E-state index in [0.29, 0.717) is 12.3 Å². The molecule has 1 saturated carbocycles. The number of carbonyl (C=O) groups excluding carboxylic acids is 2. The first-order chi connectivity index (χ1) is 15.9. The number of ether oxygens (including phenoxy) is 3. The van der Waals surface area contributed by atoms with Crippen molar-refractivity contribution in [2.45, 2.75) is 38.2 Å². The van der Waals surface area contributed by atoms with Crippen LogP contribution in [0.25, 0.3) is 0 Å². The highest BCUT2D eigenvalue weighted by molar-refractivity contribution is 5.95. The summed E-state index contributed by atoms with van der Waals surface area (Å²) in [5.41, 5.74) is 2.87. The van der Waals surface area contributed by atoms with Crippen LogP contribution in [0, 0.1) is 5.92 Å². The Hall–Kier alpha value is -3.34. The summed E-state index contributed by atoms with van der Waals surface area (Å²) >= 11 is 0. The molecule has 1 fully saturated rings. The standard InChI is InChI=1S/C22H31N5O6/c1-26-13-17(20(23-26)30-3)19(28)25-32-12-11-16(10-6-9-15-7-5-8-15)33-22(29)18-14-27(2)24-21(18)31-4/h6,10,13-16H,5,7-9,11-12H2,1-4H3,(H,25,28)/b10-6+. The Bertz CT molecular complexity index is 978. The highest BCUT2D eigenvalue weighted by Gasteiger charge is 2.22. The van der Waals surface area contributed by atoms with Gasteiger partial charge in [0.05, 0.1) is 20.8 Å². The van der Waals surface area contributed by atoms with Gasteiger partial charge in [0.1, 0.15) is 17.2 Å². The lowest BCUT2D eigenvalue weighted by Crippen LogP contribution is -2.26. The molecular formula is C22H31N5O6. The van der Waals surface area contributed by atoms with Gasteiger partial charge in [0.25, 0.3) is 5.91 Å². The maximum Gasteiger partial charge on any atom is 0.345 e. The molecule has 0 saturated heterocycles. The van der Waals surface area contributed by atoms with Crippen molar-refractivity contribution in [3.63, 3.8) is 0 Å². The SMILES string of the molecule is COc1nn(C)cc1C(=O)NOCCC(/C=C/CC1CCC1)OC(=O)c1cn(C)nc1OC. The van der Waals surface area contributed by atoms with Crippen molar-refractivity contribution in [1.29, 1.82) is 0 Å². The van der Waals surface area contributed by atoms with Crippen LogP contribution in [-0.4, -0.2) is 58.4 Å². The van der Waals surface area contributed by atoms with Crippen LogP contribution < -0.4 is 15.0 Å².